The van der Waals surface area contributed by atoms with Crippen LogP contribution in [0.2, 0.25) is 0 Å². The zero-order valence-electron chi connectivity index (χ0n) is 12.2. The quantitative estimate of drug-likeness (QED) is 0.874. The van der Waals surface area contributed by atoms with Gasteiger partial charge in [0.15, 0.2) is 11.6 Å². The SMILES string of the molecule is COc1ccc(C(=O)N2CCC[C@H]2c2cnccn2)cc1F. The molecule has 1 fully saturated rings. The van der Waals surface area contributed by atoms with Crippen LogP contribution in [-0.4, -0.2) is 34.4 Å². The van der Waals surface area contributed by atoms with Crippen molar-refractivity contribution in [3.63, 3.8) is 0 Å². The van der Waals surface area contributed by atoms with Gasteiger partial charge in [0.05, 0.1) is 25.0 Å². The zero-order valence-corrected chi connectivity index (χ0v) is 12.2. The van der Waals surface area contributed by atoms with E-state index in [0.717, 1.165) is 18.5 Å². The lowest BCUT2D eigenvalue weighted by Gasteiger charge is -2.24. The second-order valence-corrected chi connectivity index (χ2v) is 5.14. The molecule has 0 radical (unpaired) electrons. The minimum Gasteiger partial charge on any atom is -0.494 e. The number of methoxy groups -OCH3 is 1. The number of carbonyl (C=O) groups is 1. The molecule has 22 heavy (non-hydrogen) atoms. The van der Waals surface area contributed by atoms with Crippen LogP contribution in [0.5, 0.6) is 5.75 Å². The van der Waals surface area contributed by atoms with Crippen molar-refractivity contribution in [3.8, 4) is 5.75 Å². The molecule has 5 nitrogen and oxygen atoms in total. The molecule has 0 unspecified atom stereocenters. The lowest BCUT2D eigenvalue weighted by atomic mass is 10.1. The van der Waals surface area contributed by atoms with Crippen molar-refractivity contribution in [3.05, 3.63) is 53.9 Å². The maximum absolute atomic E-state index is 13.8. The molecule has 1 aliphatic heterocycles. The van der Waals surface area contributed by atoms with Crippen molar-refractivity contribution in [2.24, 2.45) is 0 Å². The van der Waals surface area contributed by atoms with E-state index in [9.17, 15) is 9.18 Å². The summed E-state index contributed by atoms with van der Waals surface area (Å²) >= 11 is 0. The number of carbonyl (C=O) groups excluding carboxylic acids is 1. The van der Waals surface area contributed by atoms with Crippen LogP contribution in [0.3, 0.4) is 0 Å². The first-order valence-corrected chi connectivity index (χ1v) is 7.11. The smallest absolute Gasteiger partial charge is 0.254 e. The monoisotopic (exact) mass is 301 g/mol. The van der Waals surface area contributed by atoms with Crippen molar-refractivity contribution < 1.29 is 13.9 Å². The summed E-state index contributed by atoms with van der Waals surface area (Å²) < 4.78 is 18.7. The number of benzene rings is 1. The summed E-state index contributed by atoms with van der Waals surface area (Å²) in [5.74, 6) is -0.609. The van der Waals surface area contributed by atoms with Crippen molar-refractivity contribution in [2.45, 2.75) is 18.9 Å². The van der Waals surface area contributed by atoms with Gasteiger partial charge in [-0.25, -0.2) is 4.39 Å². The van der Waals surface area contributed by atoms with Crippen LogP contribution < -0.4 is 4.74 Å². The van der Waals surface area contributed by atoms with E-state index in [1.807, 2.05) is 0 Å². The van der Waals surface area contributed by atoms with Crippen LogP contribution in [0.25, 0.3) is 0 Å². The Morgan fingerprint density at radius 1 is 1.41 bits per heavy atom. The predicted octanol–water partition coefficient (Wildman–Crippen LogP) is 2.60. The van der Waals surface area contributed by atoms with Crippen LogP contribution in [-0.2, 0) is 0 Å². The van der Waals surface area contributed by atoms with Gasteiger partial charge < -0.3 is 9.64 Å². The summed E-state index contributed by atoms with van der Waals surface area (Å²) in [6, 6.07) is 4.16. The van der Waals surface area contributed by atoms with E-state index in [2.05, 4.69) is 9.97 Å². The van der Waals surface area contributed by atoms with Gasteiger partial charge in [0, 0.05) is 24.5 Å². The van der Waals surface area contributed by atoms with Gasteiger partial charge in [0.1, 0.15) is 0 Å². The van der Waals surface area contributed by atoms with Gasteiger partial charge in [-0.1, -0.05) is 0 Å². The number of likely N-dealkylation sites (tertiary alicyclic amines) is 1. The molecular weight excluding hydrogens is 285 g/mol. The summed E-state index contributed by atoms with van der Waals surface area (Å²) in [6.07, 6.45) is 6.62. The summed E-state index contributed by atoms with van der Waals surface area (Å²) in [5.41, 5.74) is 1.08. The van der Waals surface area contributed by atoms with Crippen LogP contribution >= 0.6 is 0 Å². The number of ether oxygens (including phenoxy) is 1. The Morgan fingerprint density at radius 2 is 2.27 bits per heavy atom. The van der Waals surface area contributed by atoms with E-state index < -0.39 is 5.82 Å². The molecule has 0 spiro atoms. The predicted molar refractivity (Wildman–Crippen MR) is 78.0 cm³/mol. The van der Waals surface area contributed by atoms with Gasteiger partial charge in [0.25, 0.3) is 5.91 Å². The maximum atomic E-state index is 13.8. The first-order chi connectivity index (χ1) is 10.7. The standard InChI is InChI=1S/C16H16FN3O2/c1-22-15-5-4-11(9-12(15)17)16(21)20-8-2-3-14(20)13-10-18-6-7-19-13/h4-7,9-10,14H,2-3,8H2,1H3/t14-/m0/s1. The first-order valence-electron chi connectivity index (χ1n) is 7.11. The van der Waals surface area contributed by atoms with E-state index in [1.165, 1.54) is 19.2 Å². The van der Waals surface area contributed by atoms with Crippen LogP contribution in [0, 0.1) is 5.82 Å². The number of rotatable bonds is 3. The van der Waals surface area contributed by atoms with Gasteiger partial charge in [-0.05, 0) is 31.0 Å². The molecular formula is C16H16FN3O2. The number of hydrogen-bond donors (Lipinski definition) is 0. The van der Waals surface area contributed by atoms with Gasteiger partial charge in [-0.3, -0.25) is 14.8 Å². The second kappa shape index (κ2) is 6.09. The Kier molecular flexibility index (Phi) is 4.00. The lowest BCUT2D eigenvalue weighted by Crippen LogP contribution is -2.31. The summed E-state index contributed by atoms with van der Waals surface area (Å²) in [6.45, 7) is 0.633. The fourth-order valence-corrected chi connectivity index (χ4v) is 2.77. The molecule has 6 heteroatoms. The van der Waals surface area contributed by atoms with E-state index in [-0.39, 0.29) is 17.7 Å². The van der Waals surface area contributed by atoms with Gasteiger partial charge in [-0.15, -0.1) is 0 Å². The number of halogens is 1. The van der Waals surface area contributed by atoms with Crippen LogP contribution in [0.15, 0.2) is 36.8 Å². The zero-order chi connectivity index (χ0) is 15.5. The highest BCUT2D eigenvalue weighted by Gasteiger charge is 2.31. The summed E-state index contributed by atoms with van der Waals surface area (Å²) in [5, 5.41) is 0. The molecule has 0 saturated carbocycles. The number of nitrogens with zero attached hydrogens (tertiary/aromatic N) is 3. The molecule has 0 N–H and O–H groups in total. The third-order valence-electron chi connectivity index (χ3n) is 3.84. The normalized spacial score (nSPS) is 17.5. The average molecular weight is 301 g/mol. The third kappa shape index (κ3) is 2.64. The van der Waals surface area contributed by atoms with E-state index in [1.54, 1.807) is 29.6 Å². The van der Waals surface area contributed by atoms with Crippen molar-refractivity contribution in [2.75, 3.05) is 13.7 Å². The highest BCUT2D eigenvalue weighted by Crippen LogP contribution is 2.32. The summed E-state index contributed by atoms with van der Waals surface area (Å²) in [4.78, 5) is 22.7. The minimum atomic E-state index is -0.538. The van der Waals surface area contributed by atoms with Gasteiger partial charge in [0.2, 0.25) is 0 Å². The molecule has 1 aromatic carbocycles. The minimum absolute atomic E-state index is 0.105. The number of amides is 1. The Labute approximate surface area is 127 Å². The van der Waals surface area contributed by atoms with Crippen molar-refractivity contribution >= 4 is 5.91 Å². The molecule has 1 saturated heterocycles. The van der Waals surface area contributed by atoms with Crippen molar-refractivity contribution in [1.82, 2.24) is 14.9 Å². The van der Waals surface area contributed by atoms with Crippen molar-refractivity contribution in [1.29, 1.82) is 0 Å². The Hall–Kier alpha value is -2.50. The Morgan fingerprint density at radius 3 is 2.95 bits per heavy atom. The topological polar surface area (TPSA) is 55.3 Å². The van der Waals surface area contributed by atoms with E-state index in [0.29, 0.717) is 12.1 Å². The molecule has 1 aromatic heterocycles. The fraction of sp³-hybridized carbons (Fsp3) is 0.312. The van der Waals surface area contributed by atoms with Crippen LogP contribution in [0.1, 0.15) is 34.9 Å². The van der Waals surface area contributed by atoms with E-state index in [4.69, 9.17) is 4.74 Å². The van der Waals surface area contributed by atoms with Gasteiger partial charge in [-0.2, -0.15) is 0 Å². The van der Waals surface area contributed by atoms with Crippen LogP contribution in [0.4, 0.5) is 4.39 Å². The average Bonchev–Trinajstić information content (AvgIpc) is 3.04. The second-order valence-electron chi connectivity index (χ2n) is 5.14. The first kappa shape index (κ1) is 14.4. The number of aromatic nitrogens is 2. The highest BCUT2D eigenvalue weighted by atomic mass is 19.1. The molecule has 114 valence electrons. The number of hydrogen-bond acceptors (Lipinski definition) is 4. The molecule has 2 heterocycles. The Bertz CT molecular complexity index is 678. The molecule has 3 rings (SSSR count). The Balaban J connectivity index is 1.86. The molecule has 1 aliphatic rings. The molecule has 1 atom stereocenters. The summed E-state index contributed by atoms with van der Waals surface area (Å²) in [7, 11) is 1.39. The molecule has 0 bridgehead atoms. The van der Waals surface area contributed by atoms with Gasteiger partial charge >= 0.3 is 0 Å². The van der Waals surface area contributed by atoms with E-state index >= 15 is 0 Å². The maximum Gasteiger partial charge on any atom is 0.254 e. The fourth-order valence-electron chi connectivity index (χ4n) is 2.77. The molecule has 0 aliphatic carbocycles. The highest BCUT2D eigenvalue weighted by molar-refractivity contribution is 5.94. The lowest BCUT2D eigenvalue weighted by molar-refractivity contribution is 0.0732. The molecule has 1 amide bonds. The third-order valence-corrected chi connectivity index (χ3v) is 3.84. The molecule has 2 aromatic rings. The largest absolute Gasteiger partial charge is 0.494 e.